The number of nitrogen functional groups attached to an aromatic ring is 1. The highest BCUT2D eigenvalue weighted by Gasteiger charge is 2.15. The molecule has 2 aromatic carbocycles. The largest absolute Gasteiger partial charge is 0.478 e. The fourth-order valence-electron chi connectivity index (χ4n) is 2.07. The number of hydrogen-bond acceptors (Lipinski definition) is 3. The van der Waals surface area contributed by atoms with Gasteiger partial charge in [0.15, 0.2) is 0 Å². The summed E-state index contributed by atoms with van der Waals surface area (Å²) >= 11 is 0. The van der Waals surface area contributed by atoms with E-state index in [0.29, 0.717) is 16.8 Å². The molecule has 5 nitrogen and oxygen atoms in total. The van der Waals surface area contributed by atoms with Gasteiger partial charge in [-0.15, -0.1) is 0 Å². The number of benzene rings is 2. The first-order chi connectivity index (χ1) is 9.90. The molecule has 0 spiro atoms. The number of nitrogens with two attached hydrogens (primary N) is 1. The van der Waals surface area contributed by atoms with Gasteiger partial charge in [-0.05, 0) is 49.2 Å². The lowest BCUT2D eigenvalue weighted by Crippen LogP contribution is -2.15. The van der Waals surface area contributed by atoms with E-state index in [0.717, 1.165) is 5.56 Å². The van der Waals surface area contributed by atoms with Crippen molar-refractivity contribution in [2.24, 2.45) is 0 Å². The molecule has 0 saturated heterocycles. The van der Waals surface area contributed by atoms with Gasteiger partial charge in [0.25, 0.3) is 5.91 Å². The van der Waals surface area contributed by atoms with Gasteiger partial charge in [0.2, 0.25) is 0 Å². The summed E-state index contributed by atoms with van der Waals surface area (Å²) < 4.78 is 0. The van der Waals surface area contributed by atoms with Crippen LogP contribution in [0.4, 0.5) is 11.4 Å². The van der Waals surface area contributed by atoms with Crippen LogP contribution in [-0.2, 0) is 0 Å². The lowest BCUT2D eigenvalue weighted by Gasteiger charge is -2.11. The minimum Gasteiger partial charge on any atom is -0.478 e. The lowest BCUT2D eigenvalue weighted by atomic mass is 10.1. The van der Waals surface area contributed by atoms with Crippen LogP contribution in [0.3, 0.4) is 0 Å². The van der Waals surface area contributed by atoms with Crippen molar-refractivity contribution in [2.75, 3.05) is 11.1 Å². The van der Waals surface area contributed by atoms with Crippen LogP contribution in [0.2, 0.25) is 0 Å². The Bertz CT molecular complexity index is 723. The normalized spacial score (nSPS) is 10.2. The number of carbonyl (C=O) groups excluding carboxylic acids is 1. The van der Waals surface area contributed by atoms with E-state index in [2.05, 4.69) is 5.32 Å². The van der Waals surface area contributed by atoms with Crippen LogP contribution in [0.5, 0.6) is 0 Å². The second-order valence-corrected chi connectivity index (χ2v) is 4.83. The summed E-state index contributed by atoms with van der Waals surface area (Å²) in [6.45, 7) is 3.49. The van der Waals surface area contributed by atoms with Gasteiger partial charge in [-0.25, -0.2) is 4.79 Å². The van der Waals surface area contributed by atoms with E-state index in [9.17, 15) is 14.7 Å². The molecule has 108 valence electrons. The quantitative estimate of drug-likeness (QED) is 0.756. The summed E-state index contributed by atoms with van der Waals surface area (Å²) in [5, 5.41) is 11.9. The average molecular weight is 284 g/mol. The van der Waals surface area contributed by atoms with Gasteiger partial charge in [-0.1, -0.05) is 12.1 Å². The Morgan fingerprint density at radius 2 is 1.81 bits per heavy atom. The van der Waals surface area contributed by atoms with Crippen molar-refractivity contribution in [3.8, 4) is 0 Å². The molecule has 0 aliphatic carbocycles. The molecule has 0 heterocycles. The number of carboxylic acids is 1. The zero-order valence-corrected chi connectivity index (χ0v) is 11.8. The van der Waals surface area contributed by atoms with E-state index in [1.54, 1.807) is 43.3 Å². The maximum Gasteiger partial charge on any atom is 0.338 e. The number of rotatable bonds is 3. The van der Waals surface area contributed by atoms with E-state index in [4.69, 9.17) is 5.73 Å². The van der Waals surface area contributed by atoms with Crippen LogP contribution in [0.25, 0.3) is 0 Å². The molecule has 0 aliphatic heterocycles. The third kappa shape index (κ3) is 3.02. The highest BCUT2D eigenvalue weighted by atomic mass is 16.4. The second kappa shape index (κ2) is 5.66. The molecule has 0 atom stereocenters. The van der Waals surface area contributed by atoms with Gasteiger partial charge in [0, 0.05) is 11.3 Å². The van der Waals surface area contributed by atoms with Crippen LogP contribution in [0.1, 0.15) is 31.8 Å². The summed E-state index contributed by atoms with van der Waals surface area (Å²) in [6.07, 6.45) is 0. The number of nitrogens with one attached hydrogen (secondary N) is 1. The van der Waals surface area contributed by atoms with Gasteiger partial charge < -0.3 is 16.2 Å². The third-order valence-electron chi connectivity index (χ3n) is 3.27. The standard InChI is InChI=1S/C16H16N2O3/c1-9-4-3-5-13(14(9)16(20)21)18-15(19)11-6-7-12(17)10(2)8-11/h3-8H,17H2,1-2H3,(H,18,19)(H,20,21). The minimum atomic E-state index is -1.07. The molecule has 0 unspecified atom stereocenters. The van der Waals surface area contributed by atoms with Crippen LogP contribution in [-0.4, -0.2) is 17.0 Å². The number of amides is 1. The number of aromatic carboxylic acids is 1. The van der Waals surface area contributed by atoms with E-state index >= 15 is 0 Å². The number of aryl methyl sites for hydroxylation is 2. The van der Waals surface area contributed by atoms with Gasteiger partial charge in [-0.2, -0.15) is 0 Å². The predicted octanol–water partition coefficient (Wildman–Crippen LogP) is 2.84. The smallest absolute Gasteiger partial charge is 0.338 e. The van der Waals surface area contributed by atoms with Crippen molar-refractivity contribution in [3.63, 3.8) is 0 Å². The van der Waals surface area contributed by atoms with Crippen molar-refractivity contribution >= 4 is 23.3 Å². The Kier molecular flexibility index (Phi) is 3.93. The van der Waals surface area contributed by atoms with Gasteiger partial charge in [-0.3, -0.25) is 4.79 Å². The van der Waals surface area contributed by atoms with Crippen LogP contribution in [0.15, 0.2) is 36.4 Å². The number of carboxylic acid groups (broad SMARTS) is 1. The monoisotopic (exact) mass is 284 g/mol. The van der Waals surface area contributed by atoms with Crippen molar-refractivity contribution in [1.29, 1.82) is 0 Å². The molecule has 0 aliphatic rings. The average Bonchev–Trinajstić information content (AvgIpc) is 2.41. The highest BCUT2D eigenvalue weighted by Crippen LogP contribution is 2.21. The lowest BCUT2D eigenvalue weighted by molar-refractivity contribution is 0.0697. The number of hydrogen-bond donors (Lipinski definition) is 3. The summed E-state index contributed by atoms with van der Waals surface area (Å²) in [7, 11) is 0. The summed E-state index contributed by atoms with van der Waals surface area (Å²) in [5.74, 6) is -1.44. The Morgan fingerprint density at radius 1 is 1.10 bits per heavy atom. The predicted molar refractivity (Wildman–Crippen MR) is 81.7 cm³/mol. The Balaban J connectivity index is 2.34. The van der Waals surface area contributed by atoms with Crippen molar-refractivity contribution in [3.05, 3.63) is 58.7 Å². The fraction of sp³-hybridized carbons (Fsp3) is 0.125. The zero-order chi connectivity index (χ0) is 15.6. The molecule has 2 rings (SSSR count). The molecule has 2 aromatic rings. The van der Waals surface area contributed by atoms with E-state index in [1.807, 2.05) is 6.92 Å². The molecule has 0 aromatic heterocycles. The van der Waals surface area contributed by atoms with Gasteiger partial charge in [0.05, 0.1) is 11.3 Å². The molecule has 0 bridgehead atoms. The molecule has 4 N–H and O–H groups in total. The van der Waals surface area contributed by atoms with Crippen molar-refractivity contribution < 1.29 is 14.7 Å². The van der Waals surface area contributed by atoms with Crippen molar-refractivity contribution in [2.45, 2.75) is 13.8 Å². The minimum absolute atomic E-state index is 0.0954. The first kappa shape index (κ1) is 14.6. The van der Waals surface area contributed by atoms with Gasteiger partial charge in [0.1, 0.15) is 0 Å². The molecule has 21 heavy (non-hydrogen) atoms. The van der Waals surface area contributed by atoms with E-state index in [-0.39, 0.29) is 17.2 Å². The van der Waals surface area contributed by atoms with E-state index in [1.165, 1.54) is 0 Å². The second-order valence-electron chi connectivity index (χ2n) is 4.83. The summed E-state index contributed by atoms with van der Waals surface area (Å²) in [6, 6.07) is 9.88. The molecular weight excluding hydrogens is 268 g/mol. The molecule has 5 heteroatoms. The van der Waals surface area contributed by atoms with E-state index < -0.39 is 5.97 Å². The molecular formula is C16H16N2O3. The molecule has 0 saturated carbocycles. The first-order valence-corrected chi connectivity index (χ1v) is 6.40. The van der Waals surface area contributed by atoms with Gasteiger partial charge >= 0.3 is 5.97 Å². The Hall–Kier alpha value is -2.82. The van der Waals surface area contributed by atoms with Crippen LogP contribution in [0, 0.1) is 13.8 Å². The third-order valence-corrected chi connectivity index (χ3v) is 3.27. The molecule has 1 amide bonds. The molecule has 0 radical (unpaired) electrons. The fourth-order valence-corrected chi connectivity index (χ4v) is 2.07. The van der Waals surface area contributed by atoms with Crippen LogP contribution >= 0.6 is 0 Å². The first-order valence-electron chi connectivity index (χ1n) is 6.40. The summed E-state index contributed by atoms with van der Waals surface area (Å²) in [4.78, 5) is 23.5. The maximum absolute atomic E-state index is 12.2. The highest BCUT2D eigenvalue weighted by molar-refractivity contribution is 6.08. The number of anilines is 2. The Morgan fingerprint density at radius 3 is 2.43 bits per heavy atom. The summed E-state index contributed by atoms with van der Waals surface area (Å²) in [5.41, 5.74) is 8.51. The topological polar surface area (TPSA) is 92.4 Å². The number of carbonyl (C=O) groups is 2. The SMILES string of the molecule is Cc1cc(C(=O)Nc2cccc(C)c2C(=O)O)ccc1N. The van der Waals surface area contributed by atoms with Crippen molar-refractivity contribution in [1.82, 2.24) is 0 Å². The maximum atomic E-state index is 12.2. The Labute approximate surface area is 122 Å². The zero-order valence-electron chi connectivity index (χ0n) is 11.8. The van der Waals surface area contributed by atoms with Crippen LogP contribution < -0.4 is 11.1 Å². The molecule has 0 fully saturated rings.